The molecule has 1 aromatic carbocycles. The Bertz CT molecular complexity index is 395. The minimum atomic E-state index is -5.46. The maximum absolute atomic E-state index is 12.1. The molecule has 0 aliphatic rings. The maximum Gasteiger partial charge on any atom is 0 e. The Morgan fingerprint density at radius 3 is 1.07 bits per heavy atom. The molecule has 1 rings (SSSR count). The van der Waals surface area contributed by atoms with E-state index in [1.165, 1.54) is 12.1 Å². The molecule has 180 valence electrons. The molecule has 0 saturated heterocycles. The molecule has 0 aromatic heterocycles. The van der Waals surface area contributed by atoms with Gasteiger partial charge in [0.25, 0.3) is 0 Å². The van der Waals surface area contributed by atoms with Crippen LogP contribution in [0.2, 0.25) is 0 Å². The van der Waals surface area contributed by atoms with Crippen molar-refractivity contribution in [2.45, 2.75) is 69.3 Å². The van der Waals surface area contributed by atoms with Crippen LogP contribution in [0.3, 0.4) is 0 Å². The van der Waals surface area contributed by atoms with Gasteiger partial charge in [0.1, 0.15) is 0 Å². The smallest absolute Gasteiger partial charge is 0 e. The zero-order valence-electron chi connectivity index (χ0n) is 17.9. The van der Waals surface area contributed by atoms with E-state index in [4.69, 9.17) is 15.3 Å². The molecule has 3 nitrogen and oxygen atoms in total. The number of hydrogen-bond donors (Lipinski definition) is 3. The van der Waals surface area contributed by atoms with E-state index in [-0.39, 0.29) is 26.2 Å². The van der Waals surface area contributed by atoms with Crippen molar-refractivity contribution in [3.8, 4) is 0 Å². The second-order valence-corrected chi connectivity index (χ2v) is 11.9. The Hall–Kier alpha value is 0.236. The zero-order valence-corrected chi connectivity index (χ0v) is 22.7. The maximum atomic E-state index is 12.1. The van der Waals surface area contributed by atoms with Crippen LogP contribution in [0.25, 0.3) is 0 Å². The fraction of sp³-hybridized carbons (Fsp3) is 0.737. The summed E-state index contributed by atoms with van der Waals surface area (Å²) in [6.45, 7) is 7.19. The van der Waals surface area contributed by atoms with Crippen molar-refractivity contribution in [3.63, 3.8) is 0 Å². The molecule has 0 bridgehead atoms. The number of aliphatic hydroxyl groups excluding tert-OH is 3. The molecular formula is C19H35F6GeO3Zr-. The van der Waals surface area contributed by atoms with Gasteiger partial charge < -0.3 is 15.3 Å². The van der Waals surface area contributed by atoms with Gasteiger partial charge in [-0.3, -0.25) is 0 Å². The van der Waals surface area contributed by atoms with Crippen LogP contribution >= 0.6 is 0 Å². The molecule has 0 unspecified atom stereocenters. The number of unbranched alkanes of at least 4 members (excludes halogenated alkanes) is 3. The van der Waals surface area contributed by atoms with Crippen molar-refractivity contribution < 1.29 is 67.9 Å². The third kappa shape index (κ3) is 24.5. The molecule has 11 heteroatoms. The van der Waals surface area contributed by atoms with Crippen LogP contribution in [0.4, 0.5) is 26.3 Å². The summed E-state index contributed by atoms with van der Waals surface area (Å²) in [6.07, 6.45) is 6.11. The van der Waals surface area contributed by atoms with Gasteiger partial charge in [0, 0.05) is 46.0 Å². The minimum Gasteiger partial charge on any atom is 0 e. The zero-order chi connectivity index (χ0) is 23.3. The average molecular weight is 589 g/mol. The number of halogens is 6. The number of aliphatic hydroxyl groups is 3. The van der Waals surface area contributed by atoms with Crippen molar-refractivity contribution in [2.24, 2.45) is 0 Å². The first-order valence-corrected chi connectivity index (χ1v) is 13.3. The van der Waals surface area contributed by atoms with Crippen LogP contribution in [0.1, 0.15) is 59.3 Å². The summed E-state index contributed by atoms with van der Waals surface area (Å²) in [5.41, 5.74) is 0. The van der Waals surface area contributed by atoms with E-state index in [0.717, 1.165) is 50.7 Å². The largest absolute Gasteiger partial charge is 0 e. The van der Waals surface area contributed by atoms with Gasteiger partial charge in [-0.1, -0.05) is 40.0 Å². The molecule has 30 heavy (non-hydrogen) atoms. The Labute approximate surface area is 199 Å². The molecule has 0 heterocycles. The molecule has 0 aliphatic carbocycles. The van der Waals surface area contributed by atoms with Gasteiger partial charge in [-0.2, -0.15) is 0 Å². The second-order valence-electron chi connectivity index (χ2n) is 5.97. The van der Waals surface area contributed by atoms with E-state index in [2.05, 4.69) is 20.8 Å². The quantitative estimate of drug-likeness (QED) is 0.252. The monoisotopic (exact) mass is 589 g/mol. The number of hydrogen-bond acceptors (Lipinski definition) is 3. The molecule has 0 spiro atoms. The van der Waals surface area contributed by atoms with Gasteiger partial charge in [0.15, 0.2) is 0 Å². The Balaban J connectivity index is -0.000000176. The normalized spacial score (nSPS) is 10.6. The van der Waals surface area contributed by atoms with Gasteiger partial charge >= 0.3 is 79.4 Å². The summed E-state index contributed by atoms with van der Waals surface area (Å²) in [6, 6.07) is 4.16. The van der Waals surface area contributed by atoms with E-state index < -0.39 is 28.8 Å². The van der Waals surface area contributed by atoms with Crippen LogP contribution < -0.4 is 4.40 Å². The molecule has 0 fully saturated rings. The van der Waals surface area contributed by atoms with E-state index in [1.807, 2.05) is 0 Å². The summed E-state index contributed by atoms with van der Waals surface area (Å²) < 4.78 is 72.3. The van der Waals surface area contributed by atoms with Crippen LogP contribution in [0, 0.1) is 0 Å². The standard InChI is InChI=1S/C7H5F6Ge.3C4H10O.Zr/c8-6(9,10)14(7(11,12)13)5-3-1-2-4-5;3*1-2-3-4-5;/h1-4,14H;3*5H,2-4H2,1H3;/q-1;;;;. The molecule has 0 atom stereocenters. The van der Waals surface area contributed by atoms with E-state index in [0.29, 0.717) is 19.8 Å². The van der Waals surface area contributed by atoms with Crippen molar-refractivity contribution in [1.29, 1.82) is 0 Å². The van der Waals surface area contributed by atoms with Crippen LogP contribution in [0.5, 0.6) is 0 Å². The molecule has 0 radical (unpaired) electrons. The number of rotatable bonds is 7. The average Bonchev–Trinajstić information content (AvgIpc) is 3.10. The van der Waals surface area contributed by atoms with Crippen molar-refractivity contribution >= 4 is 18.7 Å². The fourth-order valence-electron chi connectivity index (χ4n) is 1.62. The van der Waals surface area contributed by atoms with Crippen LogP contribution in [0.15, 0.2) is 24.3 Å². The summed E-state index contributed by atoms with van der Waals surface area (Å²) in [5.74, 6) is 0. The molecule has 0 saturated carbocycles. The van der Waals surface area contributed by atoms with Gasteiger partial charge in [-0.25, -0.2) is 0 Å². The summed E-state index contributed by atoms with van der Waals surface area (Å²) >= 11 is -5.46. The van der Waals surface area contributed by atoms with Crippen LogP contribution in [-0.2, 0) is 26.2 Å². The first-order chi connectivity index (χ1) is 13.5. The minimum absolute atomic E-state index is 0. The van der Waals surface area contributed by atoms with E-state index in [9.17, 15) is 26.3 Å². The Morgan fingerprint density at radius 2 is 0.933 bits per heavy atom. The summed E-state index contributed by atoms with van der Waals surface area (Å²) in [7, 11) is 0. The van der Waals surface area contributed by atoms with Crippen LogP contribution in [-0.4, -0.2) is 59.5 Å². The molecule has 0 amide bonds. The van der Waals surface area contributed by atoms with Gasteiger partial charge in [-0.15, -0.1) is 0 Å². The van der Waals surface area contributed by atoms with E-state index >= 15 is 0 Å². The molecule has 0 aliphatic heterocycles. The van der Waals surface area contributed by atoms with E-state index in [1.54, 1.807) is 0 Å². The molecule has 1 aromatic rings. The Morgan fingerprint density at radius 1 is 0.667 bits per heavy atom. The third-order valence-electron chi connectivity index (χ3n) is 3.21. The van der Waals surface area contributed by atoms with Gasteiger partial charge in [0.2, 0.25) is 0 Å². The Kier molecular flexibility index (Phi) is 29.9. The summed E-state index contributed by atoms with van der Waals surface area (Å²) in [4.78, 5) is 0. The predicted molar refractivity (Wildman–Crippen MR) is 107 cm³/mol. The van der Waals surface area contributed by atoms with Crippen molar-refractivity contribution in [3.05, 3.63) is 24.3 Å². The molecule has 3 N–H and O–H groups in total. The second kappa shape index (κ2) is 23.9. The fourth-order valence-corrected chi connectivity index (χ4v) is 5.26. The first-order valence-electron chi connectivity index (χ1n) is 9.65. The predicted octanol–water partition coefficient (Wildman–Crippen LogP) is 4.38. The number of alkyl halides is 6. The van der Waals surface area contributed by atoms with Gasteiger partial charge in [0.05, 0.1) is 0 Å². The van der Waals surface area contributed by atoms with Gasteiger partial charge in [-0.05, 0) is 19.3 Å². The SMILES string of the molecule is CCCCO.CCCCO.CCCCO.F[C](F)(F)[GeH]([c-]1cccc1)[C](F)(F)F.[Zr]. The third-order valence-corrected chi connectivity index (χ3v) is 8.16. The van der Waals surface area contributed by atoms with Crippen molar-refractivity contribution in [2.75, 3.05) is 19.8 Å². The first kappa shape index (κ1) is 37.5. The molecular weight excluding hydrogens is 554 g/mol. The summed E-state index contributed by atoms with van der Waals surface area (Å²) in [5, 5.41) is 14.0. The van der Waals surface area contributed by atoms with Crippen molar-refractivity contribution in [1.82, 2.24) is 0 Å². The topological polar surface area (TPSA) is 60.7 Å².